The highest BCUT2D eigenvalue weighted by Gasteiger charge is 2.51. The van der Waals surface area contributed by atoms with Gasteiger partial charge >= 0.3 is 0 Å². The van der Waals surface area contributed by atoms with Crippen molar-refractivity contribution in [3.05, 3.63) is 64.3 Å². The van der Waals surface area contributed by atoms with Gasteiger partial charge in [0.15, 0.2) is 5.54 Å². The van der Waals surface area contributed by atoms with E-state index in [0.717, 1.165) is 40.8 Å². The zero-order chi connectivity index (χ0) is 15.6. The highest BCUT2D eigenvalue weighted by Crippen LogP contribution is 2.45. The first-order valence-electron chi connectivity index (χ1n) is 7.67. The molecule has 0 unspecified atom stereocenters. The van der Waals surface area contributed by atoms with E-state index in [2.05, 4.69) is 15.6 Å². The van der Waals surface area contributed by atoms with Crippen molar-refractivity contribution >= 4 is 34.1 Å². The fourth-order valence-electron chi connectivity index (χ4n) is 3.94. The molecule has 1 amide bonds. The van der Waals surface area contributed by atoms with Gasteiger partial charge in [-0.25, -0.2) is 0 Å². The SMILES string of the molecule is O=C1Nc2ccccc2[C@@]12NCCc1c2[nH]c2ccc(Cl)cc12. The molecule has 5 rings (SSSR count). The largest absolute Gasteiger partial charge is 0.356 e. The van der Waals surface area contributed by atoms with Crippen molar-refractivity contribution in [2.45, 2.75) is 12.0 Å². The maximum Gasteiger partial charge on any atom is 0.255 e. The molecule has 1 spiro atoms. The second kappa shape index (κ2) is 4.37. The Hall–Kier alpha value is -2.30. The van der Waals surface area contributed by atoms with Crippen LogP contribution in [0, 0.1) is 0 Å². The lowest BCUT2D eigenvalue weighted by molar-refractivity contribution is -0.120. The number of aromatic amines is 1. The summed E-state index contributed by atoms with van der Waals surface area (Å²) in [6.45, 7) is 0.744. The van der Waals surface area contributed by atoms with Crippen LogP contribution < -0.4 is 10.6 Å². The van der Waals surface area contributed by atoms with Gasteiger partial charge in [0.2, 0.25) is 0 Å². The number of aromatic nitrogens is 1. The van der Waals surface area contributed by atoms with Gasteiger partial charge in [0.05, 0.1) is 5.69 Å². The minimum atomic E-state index is -0.838. The zero-order valence-corrected chi connectivity index (χ0v) is 13.0. The molecule has 4 nitrogen and oxygen atoms in total. The molecule has 0 saturated heterocycles. The molecular weight excluding hydrogens is 310 g/mol. The van der Waals surface area contributed by atoms with Crippen LogP contribution in [0.5, 0.6) is 0 Å². The first-order valence-corrected chi connectivity index (χ1v) is 8.04. The number of para-hydroxylation sites is 1. The highest BCUT2D eigenvalue weighted by atomic mass is 35.5. The van der Waals surface area contributed by atoms with Crippen LogP contribution in [0.1, 0.15) is 16.8 Å². The van der Waals surface area contributed by atoms with Crippen molar-refractivity contribution in [2.24, 2.45) is 0 Å². The first kappa shape index (κ1) is 13.2. The van der Waals surface area contributed by atoms with Crippen LogP contribution in [0.25, 0.3) is 10.9 Å². The fourth-order valence-corrected chi connectivity index (χ4v) is 4.12. The van der Waals surface area contributed by atoms with Crippen molar-refractivity contribution in [1.29, 1.82) is 0 Å². The number of hydrogen-bond acceptors (Lipinski definition) is 2. The van der Waals surface area contributed by atoms with E-state index in [1.165, 1.54) is 5.56 Å². The third kappa shape index (κ3) is 1.57. The molecule has 1 atom stereocenters. The number of amides is 1. The Morgan fingerprint density at radius 1 is 1.13 bits per heavy atom. The van der Waals surface area contributed by atoms with E-state index in [4.69, 9.17) is 11.6 Å². The molecule has 3 aromatic rings. The average Bonchev–Trinajstić information content (AvgIpc) is 3.06. The normalized spacial score (nSPS) is 22.2. The monoisotopic (exact) mass is 323 g/mol. The number of carbonyl (C=O) groups is 1. The maximum absolute atomic E-state index is 12.9. The number of nitrogens with one attached hydrogen (secondary N) is 3. The third-order valence-electron chi connectivity index (χ3n) is 4.93. The maximum atomic E-state index is 12.9. The molecule has 23 heavy (non-hydrogen) atoms. The number of rotatable bonds is 0. The molecule has 0 bridgehead atoms. The van der Waals surface area contributed by atoms with Crippen LogP contribution in [-0.2, 0) is 16.8 Å². The predicted molar refractivity (Wildman–Crippen MR) is 90.9 cm³/mol. The molecule has 0 aliphatic carbocycles. The molecule has 2 aromatic carbocycles. The van der Waals surface area contributed by atoms with Crippen LogP contribution in [0.2, 0.25) is 5.02 Å². The molecule has 3 N–H and O–H groups in total. The van der Waals surface area contributed by atoms with E-state index >= 15 is 0 Å². The highest BCUT2D eigenvalue weighted by molar-refractivity contribution is 6.31. The summed E-state index contributed by atoms with van der Waals surface area (Å²) >= 11 is 6.17. The number of H-pyrrole nitrogens is 1. The summed E-state index contributed by atoms with van der Waals surface area (Å²) in [5.41, 5.74) is 4.13. The fraction of sp³-hybridized carbons (Fsp3) is 0.167. The van der Waals surface area contributed by atoms with Crippen LogP contribution >= 0.6 is 11.6 Å². The molecule has 5 heteroatoms. The number of carbonyl (C=O) groups excluding carboxylic acids is 1. The smallest absolute Gasteiger partial charge is 0.255 e. The van der Waals surface area contributed by atoms with Gasteiger partial charge in [0, 0.05) is 33.7 Å². The molecule has 2 aliphatic heterocycles. The summed E-state index contributed by atoms with van der Waals surface area (Å²) in [6.07, 6.45) is 0.868. The van der Waals surface area contributed by atoms with Gasteiger partial charge < -0.3 is 10.3 Å². The lowest BCUT2D eigenvalue weighted by Gasteiger charge is -2.33. The Labute approximate surface area is 137 Å². The first-order chi connectivity index (χ1) is 11.2. The van der Waals surface area contributed by atoms with Crippen molar-refractivity contribution in [2.75, 3.05) is 11.9 Å². The van der Waals surface area contributed by atoms with Crippen molar-refractivity contribution < 1.29 is 4.79 Å². The molecule has 3 heterocycles. The summed E-state index contributed by atoms with van der Waals surface area (Å²) in [6, 6.07) is 13.7. The Kier molecular flexibility index (Phi) is 2.50. The quantitative estimate of drug-likeness (QED) is 0.595. The van der Waals surface area contributed by atoms with Crippen LogP contribution in [0.4, 0.5) is 5.69 Å². The van der Waals surface area contributed by atoms with Gasteiger partial charge in [-0.1, -0.05) is 29.8 Å². The van der Waals surface area contributed by atoms with Crippen molar-refractivity contribution in [1.82, 2.24) is 10.3 Å². The molecule has 2 aliphatic rings. The molecule has 0 radical (unpaired) electrons. The summed E-state index contributed by atoms with van der Waals surface area (Å²) in [5, 5.41) is 8.28. The second-order valence-electron chi connectivity index (χ2n) is 6.09. The lowest BCUT2D eigenvalue weighted by Crippen LogP contribution is -2.53. The van der Waals surface area contributed by atoms with Gasteiger partial charge in [-0.3, -0.25) is 10.1 Å². The van der Waals surface area contributed by atoms with E-state index in [0.29, 0.717) is 5.02 Å². The standard InChI is InChI=1S/C18H14ClN3O/c19-10-5-6-14-12(9-10)11-7-8-20-18(16(11)21-14)13-3-1-2-4-15(13)22-17(18)23/h1-6,9,20-21H,7-8H2,(H,22,23)/t18-/m0/s1. The topological polar surface area (TPSA) is 56.9 Å². The lowest BCUT2D eigenvalue weighted by atomic mass is 9.82. The Morgan fingerprint density at radius 2 is 2.00 bits per heavy atom. The number of hydrogen-bond donors (Lipinski definition) is 3. The van der Waals surface area contributed by atoms with Gasteiger partial charge in [-0.15, -0.1) is 0 Å². The Morgan fingerprint density at radius 3 is 2.91 bits per heavy atom. The summed E-state index contributed by atoms with van der Waals surface area (Å²) < 4.78 is 0. The number of fused-ring (bicyclic) bond motifs is 6. The summed E-state index contributed by atoms with van der Waals surface area (Å²) in [7, 11) is 0. The molecule has 0 fully saturated rings. The number of anilines is 1. The average molecular weight is 324 g/mol. The number of halogens is 1. The molecule has 0 saturated carbocycles. The van der Waals surface area contributed by atoms with E-state index in [1.807, 2.05) is 42.5 Å². The third-order valence-corrected chi connectivity index (χ3v) is 5.16. The molecule has 1 aromatic heterocycles. The minimum Gasteiger partial charge on any atom is -0.356 e. The van der Waals surface area contributed by atoms with Crippen molar-refractivity contribution in [3.63, 3.8) is 0 Å². The molecular formula is C18H14ClN3O. The zero-order valence-electron chi connectivity index (χ0n) is 12.2. The van der Waals surface area contributed by atoms with Crippen LogP contribution in [-0.4, -0.2) is 17.4 Å². The van der Waals surface area contributed by atoms with Crippen LogP contribution in [0.3, 0.4) is 0 Å². The second-order valence-corrected chi connectivity index (χ2v) is 6.53. The molecule has 114 valence electrons. The minimum absolute atomic E-state index is 0.0303. The van der Waals surface area contributed by atoms with E-state index in [9.17, 15) is 4.79 Å². The van der Waals surface area contributed by atoms with Gasteiger partial charge in [-0.2, -0.15) is 0 Å². The van der Waals surface area contributed by atoms with Crippen LogP contribution in [0.15, 0.2) is 42.5 Å². The van der Waals surface area contributed by atoms with E-state index in [1.54, 1.807) is 0 Å². The van der Waals surface area contributed by atoms with E-state index < -0.39 is 5.54 Å². The van der Waals surface area contributed by atoms with Crippen molar-refractivity contribution in [3.8, 4) is 0 Å². The number of benzene rings is 2. The van der Waals surface area contributed by atoms with E-state index in [-0.39, 0.29) is 5.91 Å². The van der Waals surface area contributed by atoms with Gasteiger partial charge in [-0.05, 0) is 36.2 Å². The van der Waals surface area contributed by atoms with Gasteiger partial charge in [0.1, 0.15) is 0 Å². The predicted octanol–water partition coefficient (Wildman–Crippen LogP) is 3.16. The Bertz CT molecular complexity index is 978. The summed E-state index contributed by atoms with van der Waals surface area (Å²) in [5.74, 6) is -0.0303. The summed E-state index contributed by atoms with van der Waals surface area (Å²) in [4.78, 5) is 16.4. The Balaban J connectivity index is 1.86. The van der Waals surface area contributed by atoms with Gasteiger partial charge in [0.25, 0.3) is 5.91 Å².